The van der Waals surface area contributed by atoms with Crippen LogP contribution >= 0.6 is 0 Å². The molecule has 0 aromatic heterocycles. The van der Waals surface area contributed by atoms with Crippen molar-refractivity contribution < 1.29 is 9.53 Å². The van der Waals surface area contributed by atoms with Crippen LogP contribution in [0.1, 0.15) is 57.2 Å². The SMILES string of the molecule is CC(C)C(C)(C)[Si](C)(C)OCCc1ccc(CCCC(CN)(CO)c2ccccc2)cc1. The molecule has 1 unspecified atom stereocenters. The van der Waals surface area contributed by atoms with Gasteiger partial charge in [0.25, 0.3) is 0 Å². The summed E-state index contributed by atoms with van der Waals surface area (Å²) in [6.45, 7) is 15.3. The van der Waals surface area contributed by atoms with Crippen LogP contribution in [-0.2, 0) is 22.7 Å². The Morgan fingerprint density at radius 2 is 1.50 bits per heavy atom. The average molecular weight is 456 g/mol. The van der Waals surface area contributed by atoms with Crippen LogP contribution in [0.5, 0.6) is 0 Å². The van der Waals surface area contributed by atoms with Gasteiger partial charge in [-0.05, 0) is 66.4 Å². The van der Waals surface area contributed by atoms with Gasteiger partial charge in [0.1, 0.15) is 0 Å². The topological polar surface area (TPSA) is 55.5 Å². The molecule has 178 valence electrons. The Labute approximate surface area is 197 Å². The average Bonchev–Trinajstić information content (AvgIpc) is 2.78. The van der Waals surface area contributed by atoms with Crippen molar-refractivity contribution in [2.45, 2.75) is 76.9 Å². The van der Waals surface area contributed by atoms with E-state index < -0.39 is 8.32 Å². The molecule has 0 amide bonds. The lowest BCUT2D eigenvalue weighted by Gasteiger charge is -2.42. The fourth-order valence-corrected chi connectivity index (χ4v) is 6.57. The molecule has 4 heteroatoms. The second kappa shape index (κ2) is 11.6. The minimum Gasteiger partial charge on any atom is -0.416 e. The lowest BCUT2D eigenvalue weighted by molar-refractivity contribution is 0.186. The van der Waals surface area contributed by atoms with Gasteiger partial charge in [-0.15, -0.1) is 0 Å². The highest BCUT2D eigenvalue weighted by molar-refractivity contribution is 6.74. The van der Waals surface area contributed by atoms with E-state index in [1.807, 2.05) is 18.2 Å². The Kier molecular flexibility index (Phi) is 9.71. The Balaban J connectivity index is 1.86. The summed E-state index contributed by atoms with van der Waals surface area (Å²) < 4.78 is 6.46. The summed E-state index contributed by atoms with van der Waals surface area (Å²) in [5, 5.41) is 10.3. The second-order valence-corrected chi connectivity index (χ2v) is 15.3. The molecular formula is C28H45NO2Si. The first kappa shape index (κ1) is 26.8. The normalized spacial score (nSPS) is 14.5. The fraction of sp³-hybridized carbons (Fsp3) is 0.571. The largest absolute Gasteiger partial charge is 0.416 e. The molecule has 0 spiro atoms. The zero-order chi connectivity index (χ0) is 23.8. The molecule has 0 aliphatic heterocycles. The molecule has 3 nitrogen and oxygen atoms in total. The first-order valence-corrected chi connectivity index (χ1v) is 15.1. The quantitative estimate of drug-likeness (QED) is 0.359. The summed E-state index contributed by atoms with van der Waals surface area (Å²) >= 11 is 0. The molecule has 1 atom stereocenters. The van der Waals surface area contributed by atoms with Crippen LogP contribution < -0.4 is 5.73 Å². The van der Waals surface area contributed by atoms with Gasteiger partial charge in [-0.2, -0.15) is 0 Å². The van der Waals surface area contributed by atoms with E-state index in [0.717, 1.165) is 37.9 Å². The van der Waals surface area contributed by atoms with E-state index in [0.29, 0.717) is 12.5 Å². The summed E-state index contributed by atoms with van der Waals surface area (Å²) in [6.07, 6.45) is 3.83. The van der Waals surface area contributed by atoms with Crippen LogP contribution in [0, 0.1) is 5.92 Å². The van der Waals surface area contributed by atoms with E-state index in [2.05, 4.69) is 77.2 Å². The highest BCUT2D eigenvalue weighted by Crippen LogP contribution is 2.44. The van der Waals surface area contributed by atoms with E-state index in [1.165, 1.54) is 11.1 Å². The molecule has 0 heterocycles. The van der Waals surface area contributed by atoms with Crippen LogP contribution in [0.15, 0.2) is 54.6 Å². The van der Waals surface area contributed by atoms with E-state index in [9.17, 15) is 5.11 Å². The van der Waals surface area contributed by atoms with Gasteiger partial charge in [0, 0.05) is 18.6 Å². The minimum absolute atomic E-state index is 0.0831. The molecule has 2 rings (SSSR count). The summed E-state index contributed by atoms with van der Waals surface area (Å²) in [7, 11) is -1.76. The van der Waals surface area contributed by atoms with Gasteiger partial charge in [0.15, 0.2) is 8.32 Å². The van der Waals surface area contributed by atoms with Crippen molar-refractivity contribution in [3.05, 3.63) is 71.3 Å². The van der Waals surface area contributed by atoms with Crippen LogP contribution in [0.3, 0.4) is 0 Å². The number of hydrogen-bond acceptors (Lipinski definition) is 3. The van der Waals surface area contributed by atoms with Gasteiger partial charge in [0.05, 0.1) is 6.61 Å². The standard InChI is InChI=1S/C28H45NO2Si/c1-23(2)27(3,4)32(5,6)31-20-18-25-16-14-24(15-17-25)11-10-19-28(21-29,22-30)26-12-8-7-9-13-26/h7-9,12-17,23,30H,10-11,18-22,29H2,1-6H3. The van der Waals surface area contributed by atoms with Crippen molar-refractivity contribution in [2.24, 2.45) is 11.7 Å². The third-order valence-electron chi connectivity index (χ3n) is 8.07. The van der Waals surface area contributed by atoms with Crippen molar-refractivity contribution >= 4 is 8.32 Å². The second-order valence-electron chi connectivity index (χ2n) is 10.7. The zero-order valence-corrected chi connectivity index (χ0v) is 22.2. The number of aliphatic hydroxyl groups excluding tert-OH is 1. The van der Waals surface area contributed by atoms with Gasteiger partial charge >= 0.3 is 0 Å². The smallest absolute Gasteiger partial charge is 0.192 e. The van der Waals surface area contributed by atoms with E-state index in [4.69, 9.17) is 10.2 Å². The van der Waals surface area contributed by atoms with Crippen molar-refractivity contribution in [1.29, 1.82) is 0 Å². The number of rotatable bonds is 13. The van der Waals surface area contributed by atoms with E-state index >= 15 is 0 Å². The number of aliphatic hydroxyl groups is 1. The van der Waals surface area contributed by atoms with Gasteiger partial charge in [-0.3, -0.25) is 0 Å². The number of nitrogens with two attached hydrogens (primary N) is 1. The molecule has 0 aliphatic rings. The maximum atomic E-state index is 10.1. The maximum Gasteiger partial charge on any atom is 0.192 e. The van der Waals surface area contributed by atoms with Crippen LogP contribution in [0.25, 0.3) is 0 Å². The number of hydrogen-bond donors (Lipinski definition) is 2. The zero-order valence-electron chi connectivity index (χ0n) is 21.2. The van der Waals surface area contributed by atoms with Gasteiger partial charge in [0.2, 0.25) is 0 Å². The molecule has 0 aliphatic carbocycles. The molecule has 0 saturated heterocycles. The molecule has 0 saturated carbocycles. The van der Waals surface area contributed by atoms with Crippen molar-refractivity contribution in [3.63, 3.8) is 0 Å². The van der Waals surface area contributed by atoms with Crippen molar-refractivity contribution in [2.75, 3.05) is 19.8 Å². The first-order valence-electron chi connectivity index (χ1n) is 12.2. The predicted molar refractivity (Wildman–Crippen MR) is 140 cm³/mol. The molecule has 3 N–H and O–H groups in total. The molecule has 2 aromatic carbocycles. The van der Waals surface area contributed by atoms with Crippen LogP contribution in [0.4, 0.5) is 0 Å². The number of benzene rings is 2. The molecular weight excluding hydrogens is 410 g/mol. The third-order valence-corrected chi connectivity index (χ3v) is 12.7. The van der Waals surface area contributed by atoms with Gasteiger partial charge < -0.3 is 15.3 Å². The van der Waals surface area contributed by atoms with Crippen LogP contribution in [-0.4, -0.2) is 33.2 Å². The Bertz CT molecular complexity index is 796. The lowest BCUT2D eigenvalue weighted by Crippen LogP contribution is -2.45. The van der Waals surface area contributed by atoms with Crippen molar-refractivity contribution in [1.82, 2.24) is 0 Å². The first-order chi connectivity index (χ1) is 15.1. The Morgan fingerprint density at radius 3 is 2.00 bits per heavy atom. The molecule has 0 bridgehead atoms. The van der Waals surface area contributed by atoms with Crippen molar-refractivity contribution in [3.8, 4) is 0 Å². The number of aryl methyl sites for hydroxylation is 1. The molecule has 32 heavy (non-hydrogen) atoms. The van der Waals surface area contributed by atoms with E-state index in [-0.39, 0.29) is 17.1 Å². The highest BCUT2D eigenvalue weighted by Gasteiger charge is 2.43. The molecule has 2 aromatic rings. The van der Waals surface area contributed by atoms with Crippen LogP contribution in [0.2, 0.25) is 18.1 Å². The minimum atomic E-state index is -1.76. The fourth-order valence-electron chi connectivity index (χ4n) is 4.20. The summed E-state index contributed by atoms with van der Waals surface area (Å²) in [5.41, 5.74) is 9.55. The predicted octanol–water partition coefficient (Wildman–Crippen LogP) is 6.10. The Hall–Kier alpha value is -1.46. The third kappa shape index (κ3) is 6.54. The van der Waals surface area contributed by atoms with E-state index in [1.54, 1.807) is 0 Å². The van der Waals surface area contributed by atoms with Gasteiger partial charge in [-0.1, -0.05) is 82.3 Å². The summed E-state index contributed by atoms with van der Waals surface area (Å²) in [4.78, 5) is 0. The molecule has 0 radical (unpaired) electrons. The highest BCUT2D eigenvalue weighted by atomic mass is 28.4. The van der Waals surface area contributed by atoms with Gasteiger partial charge in [-0.25, -0.2) is 0 Å². The summed E-state index contributed by atoms with van der Waals surface area (Å²) in [6, 6.07) is 19.1. The summed E-state index contributed by atoms with van der Waals surface area (Å²) in [5.74, 6) is 0.620. The Morgan fingerprint density at radius 1 is 0.938 bits per heavy atom. The maximum absolute atomic E-state index is 10.1. The monoisotopic (exact) mass is 455 g/mol. The lowest BCUT2D eigenvalue weighted by atomic mass is 9.77. The molecule has 0 fully saturated rings.